The summed E-state index contributed by atoms with van der Waals surface area (Å²) in [5, 5.41) is 3.28. The van der Waals surface area contributed by atoms with E-state index in [0.29, 0.717) is 24.9 Å². The monoisotopic (exact) mass is 252 g/mol. The molecular formula is C13H14F2N2O. The van der Waals surface area contributed by atoms with E-state index in [-0.39, 0.29) is 11.5 Å². The Hall–Kier alpha value is -1.49. The van der Waals surface area contributed by atoms with Crippen LogP contribution in [0, 0.1) is 23.5 Å². The molecule has 0 spiro atoms. The second kappa shape index (κ2) is 4.31. The lowest BCUT2D eigenvalue weighted by Gasteiger charge is -2.17. The van der Waals surface area contributed by atoms with Crippen LogP contribution < -0.4 is 5.32 Å². The van der Waals surface area contributed by atoms with E-state index in [1.807, 2.05) is 0 Å². The Morgan fingerprint density at radius 3 is 2.22 bits per heavy atom. The Morgan fingerprint density at radius 2 is 1.67 bits per heavy atom. The van der Waals surface area contributed by atoms with Crippen LogP contribution in [0.1, 0.15) is 10.4 Å². The van der Waals surface area contributed by atoms with Gasteiger partial charge in [0.1, 0.15) is 11.6 Å². The van der Waals surface area contributed by atoms with Crippen LogP contribution in [-0.2, 0) is 0 Å². The van der Waals surface area contributed by atoms with Crippen LogP contribution in [0.15, 0.2) is 18.2 Å². The third kappa shape index (κ3) is 1.99. The van der Waals surface area contributed by atoms with Gasteiger partial charge in [0.25, 0.3) is 5.91 Å². The van der Waals surface area contributed by atoms with E-state index < -0.39 is 11.6 Å². The minimum absolute atomic E-state index is 0.0976. The second-order valence-corrected chi connectivity index (χ2v) is 5.05. The van der Waals surface area contributed by atoms with Crippen LogP contribution in [0.4, 0.5) is 8.78 Å². The number of hydrogen-bond donors (Lipinski definition) is 1. The van der Waals surface area contributed by atoms with Crippen LogP contribution >= 0.6 is 0 Å². The molecule has 2 unspecified atom stereocenters. The van der Waals surface area contributed by atoms with Crippen molar-refractivity contribution < 1.29 is 13.6 Å². The first-order valence-corrected chi connectivity index (χ1v) is 6.09. The molecule has 1 amide bonds. The number of likely N-dealkylation sites (tertiary alicyclic amines) is 1. The number of carbonyl (C=O) groups is 1. The van der Waals surface area contributed by atoms with E-state index in [1.54, 1.807) is 4.90 Å². The maximum Gasteiger partial charge on any atom is 0.254 e. The molecule has 2 heterocycles. The van der Waals surface area contributed by atoms with Crippen LogP contribution in [-0.4, -0.2) is 37.0 Å². The van der Waals surface area contributed by atoms with Gasteiger partial charge in [0.2, 0.25) is 0 Å². The van der Waals surface area contributed by atoms with Gasteiger partial charge in [0.15, 0.2) is 0 Å². The zero-order valence-corrected chi connectivity index (χ0v) is 9.83. The number of rotatable bonds is 1. The molecule has 1 N–H and O–H groups in total. The van der Waals surface area contributed by atoms with Gasteiger partial charge in [-0.05, 0) is 24.0 Å². The molecule has 1 aromatic rings. The van der Waals surface area contributed by atoms with Crippen molar-refractivity contribution in [2.75, 3.05) is 26.2 Å². The fourth-order valence-electron chi connectivity index (χ4n) is 2.88. The predicted molar refractivity (Wildman–Crippen MR) is 62.1 cm³/mol. The average molecular weight is 252 g/mol. The van der Waals surface area contributed by atoms with E-state index in [2.05, 4.69) is 5.32 Å². The van der Waals surface area contributed by atoms with Crippen LogP contribution in [0.25, 0.3) is 0 Å². The first-order valence-electron chi connectivity index (χ1n) is 6.09. The van der Waals surface area contributed by atoms with Crippen molar-refractivity contribution >= 4 is 5.91 Å². The van der Waals surface area contributed by atoms with E-state index in [9.17, 15) is 13.6 Å². The molecule has 2 saturated heterocycles. The highest BCUT2D eigenvalue weighted by Crippen LogP contribution is 2.27. The maximum absolute atomic E-state index is 13.1. The van der Waals surface area contributed by atoms with Crippen molar-refractivity contribution in [1.82, 2.24) is 10.2 Å². The number of carbonyl (C=O) groups excluding carboxylic acids is 1. The topological polar surface area (TPSA) is 32.3 Å². The summed E-state index contributed by atoms with van der Waals surface area (Å²) in [6.07, 6.45) is 0. The van der Waals surface area contributed by atoms with E-state index in [1.165, 1.54) is 0 Å². The quantitative estimate of drug-likeness (QED) is 0.816. The molecule has 0 aliphatic carbocycles. The molecule has 2 aliphatic rings. The largest absolute Gasteiger partial charge is 0.338 e. The summed E-state index contributed by atoms with van der Waals surface area (Å²) in [4.78, 5) is 13.9. The van der Waals surface area contributed by atoms with Gasteiger partial charge in [-0.2, -0.15) is 0 Å². The van der Waals surface area contributed by atoms with Crippen molar-refractivity contribution in [3.05, 3.63) is 35.4 Å². The summed E-state index contributed by atoms with van der Waals surface area (Å²) >= 11 is 0. The van der Waals surface area contributed by atoms with Gasteiger partial charge in [0, 0.05) is 37.8 Å². The predicted octanol–water partition coefficient (Wildman–Crippen LogP) is 1.26. The molecule has 3 nitrogen and oxygen atoms in total. The number of nitrogens with one attached hydrogen (secondary N) is 1. The highest BCUT2D eigenvalue weighted by atomic mass is 19.1. The van der Waals surface area contributed by atoms with Crippen molar-refractivity contribution in [1.29, 1.82) is 0 Å². The zero-order chi connectivity index (χ0) is 12.7. The summed E-state index contributed by atoms with van der Waals surface area (Å²) in [7, 11) is 0. The lowest BCUT2D eigenvalue weighted by atomic mass is 10.0. The fraction of sp³-hybridized carbons (Fsp3) is 0.462. The summed E-state index contributed by atoms with van der Waals surface area (Å²) in [5.74, 6) is -0.735. The normalized spacial score (nSPS) is 26.4. The third-order valence-electron chi connectivity index (χ3n) is 3.79. The minimum atomic E-state index is -0.709. The second-order valence-electron chi connectivity index (χ2n) is 5.05. The Morgan fingerprint density at radius 1 is 1.11 bits per heavy atom. The van der Waals surface area contributed by atoms with Crippen LogP contribution in [0.2, 0.25) is 0 Å². The molecule has 2 atom stereocenters. The first-order chi connectivity index (χ1) is 8.63. The molecule has 0 aromatic heterocycles. The number of hydrogen-bond acceptors (Lipinski definition) is 2. The molecule has 2 fully saturated rings. The number of halogens is 2. The first kappa shape index (κ1) is 11.6. The number of benzene rings is 1. The van der Waals surface area contributed by atoms with Crippen molar-refractivity contribution in [3.8, 4) is 0 Å². The Labute approximate surface area is 104 Å². The fourth-order valence-corrected chi connectivity index (χ4v) is 2.88. The summed E-state index contributed by atoms with van der Waals surface area (Å²) in [6, 6.07) is 2.97. The standard InChI is InChI=1S/C13H14F2N2O/c14-11-1-8(2-12(15)3-11)13(18)17-6-9-4-16-5-10(9)7-17/h1-3,9-10,16H,4-7H2. The number of fused-ring (bicyclic) bond motifs is 1. The molecule has 0 saturated carbocycles. The zero-order valence-electron chi connectivity index (χ0n) is 9.83. The molecule has 18 heavy (non-hydrogen) atoms. The van der Waals surface area contributed by atoms with Gasteiger partial charge in [-0.3, -0.25) is 4.79 Å². The average Bonchev–Trinajstić information content (AvgIpc) is 2.86. The lowest BCUT2D eigenvalue weighted by molar-refractivity contribution is 0.0780. The van der Waals surface area contributed by atoms with Crippen molar-refractivity contribution in [2.45, 2.75) is 0 Å². The van der Waals surface area contributed by atoms with Gasteiger partial charge in [-0.1, -0.05) is 0 Å². The molecular weight excluding hydrogens is 238 g/mol. The molecule has 3 rings (SSSR count). The minimum Gasteiger partial charge on any atom is -0.338 e. The van der Waals surface area contributed by atoms with Gasteiger partial charge >= 0.3 is 0 Å². The Kier molecular flexibility index (Phi) is 2.78. The van der Waals surface area contributed by atoms with Crippen LogP contribution in [0.3, 0.4) is 0 Å². The molecule has 1 aromatic carbocycles. The highest BCUT2D eigenvalue weighted by Gasteiger charge is 2.38. The summed E-state index contributed by atoms with van der Waals surface area (Å²) in [5.41, 5.74) is 0.0976. The van der Waals surface area contributed by atoms with Gasteiger partial charge < -0.3 is 10.2 Å². The number of amides is 1. The van der Waals surface area contributed by atoms with Gasteiger partial charge in [-0.15, -0.1) is 0 Å². The molecule has 0 bridgehead atoms. The highest BCUT2D eigenvalue weighted by molar-refractivity contribution is 5.94. The molecule has 96 valence electrons. The van der Waals surface area contributed by atoms with E-state index in [0.717, 1.165) is 31.3 Å². The number of nitrogens with zero attached hydrogens (tertiary/aromatic N) is 1. The van der Waals surface area contributed by atoms with Crippen molar-refractivity contribution in [3.63, 3.8) is 0 Å². The van der Waals surface area contributed by atoms with E-state index in [4.69, 9.17) is 0 Å². The SMILES string of the molecule is O=C(c1cc(F)cc(F)c1)N1CC2CNCC2C1. The van der Waals surface area contributed by atoms with Gasteiger partial charge in [0.05, 0.1) is 0 Å². The van der Waals surface area contributed by atoms with Crippen LogP contribution in [0.5, 0.6) is 0 Å². The smallest absolute Gasteiger partial charge is 0.254 e. The molecule has 5 heteroatoms. The Bertz CT molecular complexity index is 460. The molecule has 0 radical (unpaired) electrons. The van der Waals surface area contributed by atoms with E-state index >= 15 is 0 Å². The Balaban J connectivity index is 1.78. The van der Waals surface area contributed by atoms with Gasteiger partial charge in [-0.25, -0.2) is 8.78 Å². The summed E-state index contributed by atoms with van der Waals surface area (Å²) < 4.78 is 26.2. The molecule has 2 aliphatic heterocycles. The summed E-state index contributed by atoms with van der Waals surface area (Å²) in [6.45, 7) is 3.20. The lowest BCUT2D eigenvalue weighted by Crippen LogP contribution is -2.32. The third-order valence-corrected chi connectivity index (χ3v) is 3.79. The van der Waals surface area contributed by atoms with Crippen molar-refractivity contribution in [2.24, 2.45) is 11.8 Å². The maximum atomic E-state index is 13.1.